The lowest BCUT2D eigenvalue weighted by Crippen LogP contribution is -2.39. The van der Waals surface area contributed by atoms with Crippen molar-refractivity contribution in [1.29, 1.82) is 0 Å². The van der Waals surface area contributed by atoms with E-state index in [4.69, 9.17) is 9.72 Å². The van der Waals surface area contributed by atoms with Crippen molar-refractivity contribution < 1.29 is 14.6 Å². The van der Waals surface area contributed by atoms with Crippen LogP contribution >= 0.6 is 0 Å². The third-order valence-corrected chi connectivity index (χ3v) is 10.2. The van der Waals surface area contributed by atoms with Crippen LogP contribution in [0.15, 0.2) is 36.4 Å². The fraction of sp³-hybridized carbons (Fsp3) is 0.561. The van der Waals surface area contributed by atoms with E-state index >= 15 is 0 Å². The average Bonchev–Trinajstić information content (AvgIpc) is 2.96. The molecule has 254 valence electrons. The van der Waals surface area contributed by atoms with E-state index in [0.29, 0.717) is 5.56 Å². The maximum atomic E-state index is 12.9. The Kier molecular flexibility index (Phi) is 9.71. The van der Waals surface area contributed by atoms with Crippen molar-refractivity contribution in [1.82, 2.24) is 9.88 Å². The minimum absolute atomic E-state index is 0.128. The van der Waals surface area contributed by atoms with E-state index in [-0.39, 0.29) is 10.8 Å². The van der Waals surface area contributed by atoms with Crippen molar-refractivity contribution in [3.8, 4) is 11.1 Å². The molecule has 1 atom stereocenters. The molecular formula is C41H57N3O3. The normalized spacial score (nSPS) is 17.8. The van der Waals surface area contributed by atoms with E-state index < -0.39 is 17.7 Å². The van der Waals surface area contributed by atoms with E-state index in [0.717, 1.165) is 80.2 Å². The molecular weight excluding hydrogens is 582 g/mol. The Morgan fingerprint density at radius 2 is 1.62 bits per heavy atom. The number of carbonyl (C=O) groups is 1. The van der Waals surface area contributed by atoms with Crippen LogP contribution in [0.4, 0.5) is 5.69 Å². The zero-order valence-corrected chi connectivity index (χ0v) is 30.8. The first-order valence-electron chi connectivity index (χ1n) is 17.4. The molecule has 3 heterocycles. The Morgan fingerprint density at radius 1 is 0.936 bits per heavy atom. The molecule has 1 fully saturated rings. The molecule has 3 aromatic rings. The van der Waals surface area contributed by atoms with Gasteiger partial charge in [-0.2, -0.15) is 0 Å². The lowest BCUT2D eigenvalue weighted by molar-refractivity contribution is -0.160. The first-order chi connectivity index (χ1) is 21.8. The summed E-state index contributed by atoms with van der Waals surface area (Å²) < 4.78 is 6.28. The Bertz CT molecular complexity index is 1630. The van der Waals surface area contributed by atoms with Gasteiger partial charge in [0.25, 0.3) is 0 Å². The number of pyridine rings is 1. The van der Waals surface area contributed by atoms with Crippen molar-refractivity contribution in [2.45, 2.75) is 126 Å². The number of ether oxygens (including phenoxy) is 1. The minimum Gasteiger partial charge on any atom is -0.479 e. The van der Waals surface area contributed by atoms with Crippen LogP contribution in [0.25, 0.3) is 11.1 Å². The first kappa shape index (κ1) is 35.1. The van der Waals surface area contributed by atoms with Crippen molar-refractivity contribution in [2.75, 3.05) is 24.5 Å². The molecule has 6 nitrogen and oxygen atoms in total. The van der Waals surface area contributed by atoms with Crippen LogP contribution in [0.5, 0.6) is 0 Å². The van der Waals surface area contributed by atoms with Crippen molar-refractivity contribution in [3.05, 3.63) is 81.2 Å². The number of hydrogen-bond acceptors (Lipinski definition) is 5. The van der Waals surface area contributed by atoms with Gasteiger partial charge in [0.15, 0.2) is 6.10 Å². The van der Waals surface area contributed by atoms with Gasteiger partial charge >= 0.3 is 5.97 Å². The summed E-state index contributed by atoms with van der Waals surface area (Å²) in [6, 6.07) is 13.8. The number of aryl methyl sites for hydroxylation is 3. The summed E-state index contributed by atoms with van der Waals surface area (Å²) in [5.74, 6) is -0.980. The third-order valence-electron chi connectivity index (χ3n) is 10.2. The zero-order chi connectivity index (χ0) is 34.5. The van der Waals surface area contributed by atoms with E-state index in [9.17, 15) is 9.90 Å². The number of aromatic nitrogens is 1. The maximum absolute atomic E-state index is 12.9. The molecule has 0 amide bonds. The molecule has 0 unspecified atom stereocenters. The van der Waals surface area contributed by atoms with Gasteiger partial charge in [-0.3, -0.25) is 9.88 Å². The Labute approximate surface area is 283 Å². The number of carboxylic acids is 1. The second-order valence-corrected chi connectivity index (χ2v) is 16.9. The zero-order valence-electron chi connectivity index (χ0n) is 30.8. The van der Waals surface area contributed by atoms with Gasteiger partial charge in [0.2, 0.25) is 0 Å². The SMILES string of the molecule is Cc1ccc(C(C)(C)C)cc1CN1CCc2cc(-c3c(C)nc(C)c([C@H](OC(C)(C)C)C(=O)O)c3N3CCC(C)(C)CC3)ccc2C1. The fourth-order valence-electron chi connectivity index (χ4n) is 7.21. The third kappa shape index (κ3) is 7.92. The van der Waals surface area contributed by atoms with E-state index in [2.05, 4.69) is 94.7 Å². The van der Waals surface area contributed by atoms with Gasteiger partial charge in [0.1, 0.15) is 0 Å². The van der Waals surface area contributed by atoms with Gasteiger partial charge in [-0.15, -0.1) is 0 Å². The lowest BCUT2D eigenvalue weighted by atomic mass is 9.81. The molecule has 2 aliphatic heterocycles. The molecule has 0 saturated carbocycles. The molecule has 2 aromatic carbocycles. The highest BCUT2D eigenvalue weighted by Gasteiger charge is 2.36. The van der Waals surface area contributed by atoms with E-state index in [1.165, 1.54) is 27.8 Å². The summed E-state index contributed by atoms with van der Waals surface area (Å²) in [5, 5.41) is 10.5. The maximum Gasteiger partial charge on any atom is 0.337 e. The van der Waals surface area contributed by atoms with Gasteiger partial charge in [0.05, 0.1) is 11.3 Å². The van der Waals surface area contributed by atoms with Gasteiger partial charge in [0, 0.05) is 55.2 Å². The second-order valence-electron chi connectivity index (χ2n) is 16.9. The number of hydrogen-bond donors (Lipinski definition) is 1. The number of benzene rings is 2. The van der Waals surface area contributed by atoms with Crippen LogP contribution in [0, 0.1) is 26.2 Å². The fourth-order valence-corrected chi connectivity index (χ4v) is 7.21. The minimum atomic E-state index is -1.11. The van der Waals surface area contributed by atoms with Crippen LogP contribution in [0.1, 0.15) is 119 Å². The van der Waals surface area contributed by atoms with E-state index in [1.807, 2.05) is 27.7 Å². The monoisotopic (exact) mass is 639 g/mol. The van der Waals surface area contributed by atoms with Crippen LogP contribution in [-0.4, -0.2) is 46.2 Å². The molecule has 47 heavy (non-hydrogen) atoms. The number of nitrogens with zero attached hydrogens (tertiary/aromatic N) is 3. The number of aliphatic carboxylic acids is 1. The second kappa shape index (κ2) is 13.0. The summed E-state index contributed by atoms with van der Waals surface area (Å²) in [6.07, 6.45) is 1.95. The molecule has 1 aromatic heterocycles. The highest BCUT2D eigenvalue weighted by Crippen LogP contribution is 2.45. The van der Waals surface area contributed by atoms with Crippen LogP contribution in [0.3, 0.4) is 0 Å². The molecule has 0 aliphatic carbocycles. The number of anilines is 1. The number of piperidine rings is 1. The molecule has 6 heteroatoms. The predicted octanol–water partition coefficient (Wildman–Crippen LogP) is 9.10. The molecule has 0 radical (unpaired) electrons. The Hall–Kier alpha value is -3.22. The van der Waals surface area contributed by atoms with Gasteiger partial charge in [-0.25, -0.2) is 4.79 Å². The largest absolute Gasteiger partial charge is 0.479 e. The summed E-state index contributed by atoms with van der Waals surface area (Å²) >= 11 is 0. The number of carboxylic acid groups (broad SMARTS) is 1. The predicted molar refractivity (Wildman–Crippen MR) is 193 cm³/mol. The van der Waals surface area contributed by atoms with Gasteiger partial charge < -0.3 is 14.7 Å². The van der Waals surface area contributed by atoms with Crippen LogP contribution < -0.4 is 4.90 Å². The smallest absolute Gasteiger partial charge is 0.337 e. The van der Waals surface area contributed by atoms with Crippen LogP contribution in [-0.2, 0) is 34.5 Å². The molecule has 5 rings (SSSR count). The quantitative estimate of drug-likeness (QED) is 0.278. The number of rotatable bonds is 7. The Morgan fingerprint density at radius 3 is 2.23 bits per heavy atom. The van der Waals surface area contributed by atoms with Crippen molar-refractivity contribution in [3.63, 3.8) is 0 Å². The molecule has 1 N–H and O–H groups in total. The van der Waals surface area contributed by atoms with Gasteiger partial charge in [-0.1, -0.05) is 71.0 Å². The summed E-state index contributed by atoms with van der Waals surface area (Å²) in [4.78, 5) is 22.8. The molecule has 0 spiro atoms. The topological polar surface area (TPSA) is 65.9 Å². The summed E-state index contributed by atoms with van der Waals surface area (Å²) in [6.45, 7) is 28.1. The highest BCUT2D eigenvalue weighted by molar-refractivity contribution is 5.88. The number of fused-ring (bicyclic) bond motifs is 1. The van der Waals surface area contributed by atoms with E-state index in [1.54, 1.807) is 0 Å². The van der Waals surface area contributed by atoms with Crippen LogP contribution in [0.2, 0.25) is 0 Å². The Balaban J connectivity index is 1.54. The highest BCUT2D eigenvalue weighted by atomic mass is 16.5. The molecule has 0 bridgehead atoms. The summed E-state index contributed by atoms with van der Waals surface area (Å²) in [7, 11) is 0. The average molecular weight is 640 g/mol. The lowest BCUT2D eigenvalue weighted by Gasteiger charge is -2.41. The molecule has 1 saturated heterocycles. The van der Waals surface area contributed by atoms with Crippen molar-refractivity contribution >= 4 is 11.7 Å². The standard InChI is InChI=1S/C41H57N3O3/c1-26-12-15-33(39(4,5)6)23-32(26)25-43-19-16-29-22-30(13-14-31(29)24-43)34-27(2)42-28(3)35(37(38(45)46)47-40(7,8)9)36(34)44-20-17-41(10,11)18-21-44/h12-15,22-23,37H,16-21,24-25H2,1-11H3,(H,45,46)/t37-/m0/s1. The summed E-state index contributed by atoms with van der Waals surface area (Å²) in [5.41, 5.74) is 12.1. The molecule has 2 aliphatic rings. The first-order valence-corrected chi connectivity index (χ1v) is 17.4. The van der Waals surface area contributed by atoms with Crippen molar-refractivity contribution in [2.24, 2.45) is 5.41 Å². The van der Waals surface area contributed by atoms with Gasteiger partial charge in [-0.05, 0) is 105 Å².